The standard InChI is InChI=1S/C17H17BrO4/c1-20-14-8-13(9-15(21-2)17(14)22-3)16(19)12-6-4-11(10-18)5-7-12/h4-9H,10H2,1-3H3. The van der Waals surface area contributed by atoms with Crippen LogP contribution in [0.2, 0.25) is 0 Å². The molecule has 0 N–H and O–H groups in total. The Kier molecular flexibility index (Phi) is 5.44. The van der Waals surface area contributed by atoms with Gasteiger partial charge in [-0.15, -0.1) is 0 Å². The number of alkyl halides is 1. The van der Waals surface area contributed by atoms with Crippen LogP contribution in [0.4, 0.5) is 0 Å². The lowest BCUT2D eigenvalue weighted by molar-refractivity contribution is 0.103. The molecule has 4 nitrogen and oxygen atoms in total. The van der Waals surface area contributed by atoms with Crippen molar-refractivity contribution < 1.29 is 19.0 Å². The molecule has 0 aliphatic heterocycles. The third-order valence-corrected chi connectivity index (χ3v) is 3.94. The molecule has 0 spiro atoms. The molecule has 0 radical (unpaired) electrons. The van der Waals surface area contributed by atoms with Gasteiger partial charge < -0.3 is 14.2 Å². The van der Waals surface area contributed by atoms with E-state index in [1.165, 1.54) is 21.3 Å². The van der Waals surface area contributed by atoms with Gasteiger partial charge in [-0.2, -0.15) is 0 Å². The molecule has 0 heterocycles. The van der Waals surface area contributed by atoms with Crippen LogP contribution < -0.4 is 14.2 Å². The van der Waals surface area contributed by atoms with E-state index in [1.54, 1.807) is 12.1 Å². The number of ether oxygens (including phenoxy) is 3. The van der Waals surface area contributed by atoms with Crippen molar-refractivity contribution >= 4 is 21.7 Å². The van der Waals surface area contributed by atoms with Gasteiger partial charge in [0.1, 0.15) is 0 Å². The second kappa shape index (κ2) is 7.31. The topological polar surface area (TPSA) is 44.8 Å². The van der Waals surface area contributed by atoms with Crippen LogP contribution in [0.1, 0.15) is 21.5 Å². The third kappa shape index (κ3) is 3.25. The number of ketones is 1. The minimum Gasteiger partial charge on any atom is -0.493 e. The Morgan fingerprint density at radius 2 is 1.45 bits per heavy atom. The summed E-state index contributed by atoms with van der Waals surface area (Å²) < 4.78 is 15.8. The van der Waals surface area contributed by atoms with E-state index in [2.05, 4.69) is 15.9 Å². The molecular formula is C17H17BrO4. The summed E-state index contributed by atoms with van der Waals surface area (Å²) in [5.41, 5.74) is 2.21. The van der Waals surface area contributed by atoms with Crippen molar-refractivity contribution in [1.29, 1.82) is 0 Å². The Labute approximate surface area is 138 Å². The number of benzene rings is 2. The molecule has 0 aliphatic rings. The molecule has 0 amide bonds. The normalized spacial score (nSPS) is 10.2. The van der Waals surface area contributed by atoms with Crippen LogP contribution >= 0.6 is 15.9 Å². The maximum Gasteiger partial charge on any atom is 0.203 e. The first-order valence-corrected chi connectivity index (χ1v) is 7.76. The lowest BCUT2D eigenvalue weighted by Crippen LogP contribution is -2.04. The largest absolute Gasteiger partial charge is 0.493 e. The van der Waals surface area contributed by atoms with Crippen LogP contribution in [-0.4, -0.2) is 27.1 Å². The molecule has 0 saturated heterocycles. The Bertz CT molecular complexity index is 640. The van der Waals surface area contributed by atoms with E-state index in [0.717, 1.165) is 10.9 Å². The van der Waals surface area contributed by atoms with E-state index >= 15 is 0 Å². The highest BCUT2D eigenvalue weighted by molar-refractivity contribution is 9.08. The van der Waals surface area contributed by atoms with Gasteiger partial charge in [0.15, 0.2) is 17.3 Å². The van der Waals surface area contributed by atoms with Gasteiger partial charge in [-0.05, 0) is 17.7 Å². The van der Waals surface area contributed by atoms with Gasteiger partial charge in [0, 0.05) is 16.5 Å². The monoisotopic (exact) mass is 364 g/mol. The lowest BCUT2D eigenvalue weighted by Gasteiger charge is -2.13. The van der Waals surface area contributed by atoms with Crippen molar-refractivity contribution in [3.63, 3.8) is 0 Å². The molecule has 0 aromatic heterocycles. The summed E-state index contributed by atoms with van der Waals surface area (Å²) in [7, 11) is 4.58. The number of halogens is 1. The van der Waals surface area contributed by atoms with Crippen LogP contribution in [0, 0.1) is 0 Å². The molecule has 0 fully saturated rings. The quantitative estimate of drug-likeness (QED) is 0.577. The number of carbonyl (C=O) groups excluding carboxylic acids is 1. The minimum absolute atomic E-state index is 0.0969. The summed E-state index contributed by atoms with van der Waals surface area (Å²) in [6.07, 6.45) is 0. The molecular weight excluding hydrogens is 348 g/mol. The van der Waals surface area contributed by atoms with Gasteiger partial charge >= 0.3 is 0 Å². The molecule has 116 valence electrons. The SMILES string of the molecule is COc1cc(C(=O)c2ccc(CBr)cc2)cc(OC)c1OC. The fraction of sp³-hybridized carbons (Fsp3) is 0.235. The van der Waals surface area contributed by atoms with Crippen molar-refractivity contribution in [3.05, 3.63) is 53.1 Å². The highest BCUT2D eigenvalue weighted by Crippen LogP contribution is 2.38. The van der Waals surface area contributed by atoms with E-state index < -0.39 is 0 Å². The average Bonchev–Trinajstić information content (AvgIpc) is 2.59. The fourth-order valence-electron chi connectivity index (χ4n) is 2.12. The zero-order chi connectivity index (χ0) is 16.1. The minimum atomic E-state index is -0.0969. The van der Waals surface area contributed by atoms with Crippen molar-refractivity contribution in [2.24, 2.45) is 0 Å². The summed E-state index contributed by atoms with van der Waals surface area (Å²) in [6, 6.07) is 10.8. The van der Waals surface area contributed by atoms with Gasteiger partial charge in [0.25, 0.3) is 0 Å². The Morgan fingerprint density at radius 3 is 1.86 bits per heavy atom. The number of rotatable bonds is 6. The van der Waals surface area contributed by atoms with E-state index in [4.69, 9.17) is 14.2 Å². The van der Waals surface area contributed by atoms with Crippen molar-refractivity contribution in [3.8, 4) is 17.2 Å². The number of hydrogen-bond donors (Lipinski definition) is 0. The van der Waals surface area contributed by atoms with Crippen LogP contribution in [0.15, 0.2) is 36.4 Å². The fourth-order valence-corrected chi connectivity index (χ4v) is 2.50. The second-order valence-electron chi connectivity index (χ2n) is 4.57. The van der Waals surface area contributed by atoms with E-state index in [1.807, 2.05) is 24.3 Å². The Hall–Kier alpha value is -2.01. The van der Waals surface area contributed by atoms with Gasteiger partial charge in [0.2, 0.25) is 5.75 Å². The number of methoxy groups -OCH3 is 3. The highest BCUT2D eigenvalue weighted by Gasteiger charge is 2.18. The second-order valence-corrected chi connectivity index (χ2v) is 5.13. The number of hydrogen-bond acceptors (Lipinski definition) is 4. The smallest absolute Gasteiger partial charge is 0.203 e. The predicted molar refractivity (Wildman–Crippen MR) is 88.6 cm³/mol. The Balaban J connectivity index is 2.44. The van der Waals surface area contributed by atoms with E-state index in [0.29, 0.717) is 28.4 Å². The van der Waals surface area contributed by atoms with Gasteiger partial charge in [-0.25, -0.2) is 0 Å². The number of carbonyl (C=O) groups is 1. The molecule has 0 atom stereocenters. The molecule has 0 unspecified atom stereocenters. The average molecular weight is 365 g/mol. The molecule has 0 aliphatic carbocycles. The van der Waals surface area contributed by atoms with Crippen LogP contribution in [0.5, 0.6) is 17.2 Å². The van der Waals surface area contributed by atoms with Crippen molar-refractivity contribution in [1.82, 2.24) is 0 Å². The van der Waals surface area contributed by atoms with Crippen molar-refractivity contribution in [2.75, 3.05) is 21.3 Å². The Morgan fingerprint density at radius 1 is 0.909 bits per heavy atom. The van der Waals surface area contributed by atoms with Crippen molar-refractivity contribution in [2.45, 2.75) is 5.33 Å². The first kappa shape index (κ1) is 16.4. The third-order valence-electron chi connectivity index (χ3n) is 3.30. The molecule has 0 bridgehead atoms. The molecule has 5 heteroatoms. The van der Waals surface area contributed by atoms with Crippen LogP contribution in [-0.2, 0) is 5.33 Å². The molecule has 22 heavy (non-hydrogen) atoms. The highest BCUT2D eigenvalue weighted by atomic mass is 79.9. The van der Waals surface area contributed by atoms with Gasteiger partial charge in [-0.3, -0.25) is 4.79 Å². The first-order chi connectivity index (χ1) is 10.6. The summed E-state index contributed by atoms with van der Waals surface area (Å²) in [6.45, 7) is 0. The van der Waals surface area contributed by atoms with Crippen LogP contribution in [0.3, 0.4) is 0 Å². The maximum absolute atomic E-state index is 12.6. The molecule has 2 rings (SSSR count). The predicted octanol–water partition coefficient (Wildman–Crippen LogP) is 3.84. The van der Waals surface area contributed by atoms with Gasteiger partial charge in [0.05, 0.1) is 21.3 Å². The molecule has 0 saturated carbocycles. The summed E-state index contributed by atoms with van der Waals surface area (Å²) >= 11 is 3.39. The van der Waals surface area contributed by atoms with E-state index in [-0.39, 0.29) is 5.78 Å². The summed E-state index contributed by atoms with van der Waals surface area (Å²) in [5.74, 6) is 1.29. The molecule has 2 aromatic rings. The van der Waals surface area contributed by atoms with Gasteiger partial charge in [-0.1, -0.05) is 40.2 Å². The lowest BCUT2D eigenvalue weighted by atomic mass is 10.0. The maximum atomic E-state index is 12.6. The van der Waals surface area contributed by atoms with Crippen LogP contribution in [0.25, 0.3) is 0 Å². The van der Waals surface area contributed by atoms with E-state index in [9.17, 15) is 4.79 Å². The zero-order valence-corrected chi connectivity index (χ0v) is 14.3. The zero-order valence-electron chi connectivity index (χ0n) is 12.7. The molecule has 2 aromatic carbocycles. The summed E-state index contributed by atoms with van der Waals surface area (Å²) in [5, 5.41) is 0.756. The summed E-state index contributed by atoms with van der Waals surface area (Å²) in [4.78, 5) is 12.6. The first-order valence-electron chi connectivity index (χ1n) is 6.64.